The van der Waals surface area contributed by atoms with Gasteiger partial charge in [-0.1, -0.05) is 6.92 Å². The van der Waals surface area contributed by atoms with E-state index in [4.69, 9.17) is 4.42 Å². The van der Waals surface area contributed by atoms with Crippen molar-refractivity contribution in [2.24, 2.45) is 0 Å². The van der Waals surface area contributed by atoms with E-state index in [1.807, 2.05) is 6.92 Å². The van der Waals surface area contributed by atoms with Gasteiger partial charge in [0.2, 0.25) is 0 Å². The molecule has 0 fully saturated rings. The first kappa shape index (κ1) is 14.8. The maximum absolute atomic E-state index is 12.2. The van der Waals surface area contributed by atoms with Crippen molar-refractivity contribution in [1.29, 1.82) is 0 Å². The molecule has 0 aliphatic heterocycles. The zero-order valence-corrected chi connectivity index (χ0v) is 12.0. The van der Waals surface area contributed by atoms with Gasteiger partial charge in [-0.2, -0.15) is 5.10 Å². The molecule has 20 heavy (non-hydrogen) atoms. The predicted octanol–water partition coefficient (Wildman–Crippen LogP) is 0.981. The highest BCUT2D eigenvalue weighted by molar-refractivity contribution is 7.89. The first-order valence-electron chi connectivity index (χ1n) is 6.38. The SMILES string of the molecule is CCCNCc1cn[nH]c1S(=O)(=O)NCc1ccco1. The minimum absolute atomic E-state index is 0.0904. The normalized spacial score (nSPS) is 11.8. The third-order valence-corrected chi connectivity index (χ3v) is 4.12. The Morgan fingerprint density at radius 1 is 1.40 bits per heavy atom. The number of H-pyrrole nitrogens is 1. The summed E-state index contributed by atoms with van der Waals surface area (Å²) in [5.41, 5.74) is 0.616. The summed E-state index contributed by atoms with van der Waals surface area (Å²) in [7, 11) is -3.63. The molecule has 0 radical (unpaired) electrons. The van der Waals surface area contributed by atoms with E-state index in [0.29, 0.717) is 17.9 Å². The lowest BCUT2D eigenvalue weighted by Crippen LogP contribution is -2.25. The monoisotopic (exact) mass is 298 g/mol. The molecule has 110 valence electrons. The molecule has 0 aliphatic rings. The number of hydrogen-bond donors (Lipinski definition) is 3. The van der Waals surface area contributed by atoms with Crippen molar-refractivity contribution >= 4 is 10.0 Å². The van der Waals surface area contributed by atoms with Crippen LogP contribution in [0.4, 0.5) is 0 Å². The van der Waals surface area contributed by atoms with Crippen molar-refractivity contribution in [1.82, 2.24) is 20.2 Å². The van der Waals surface area contributed by atoms with Gasteiger partial charge in [-0.15, -0.1) is 0 Å². The van der Waals surface area contributed by atoms with E-state index in [1.165, 1.54) is 12.5 Å². The van der Waals surface area contributed by atoms with Gasteiger partial charge in [0.05, 0.1) is 19.0 Å². The van der Waals surface area contributed by atoms with Crippen LogP contribution in [0.1, 0.15) is 24.7 Å². The number of aromatic nitrogens is 2. The lowest BCUT2D eigenvalue weighted by Gasteiger charge is -2.06. The fourth-order valence-electron chi connectivity index (χ4n) is 1.71. The van der Waals surface area contributed by atoms with Crippen LogP contribution in [-0.4, -0.2) is 25.2 Å². The Balaban J connectivity index is 2.03. The van der Waals surface area contributed by atoms with Gasteiger partial charge in [0.1, 0.15) is 5.76 Å². The highest BCUT2D eigenvalue weighted by Crippen LogP contribution is 2.12. The van der Waals surface area contributed by atoms with Crippen LogP contribution in [-0.2, 0) is 23.1 Å². The van der Waals surface area contributed by atoms with Gasteiger partial charge in [0.25, 0.3) is 10.0 Å². The van der Waals surface area contributed by atoms with Crippen LogP contribution in [0.3, 0.4) is 0 Å². The predicted molar refractivity (Wildman–Crippen MR) is 73.3 cm³/mol. The molecule has 2 aromatic rings. The van der Waals surface area contributed by atoms with Gasteiger partial charge < -0.3 is 9.73 Å². The molecule has 2 heterocycles. The first-order chi connectivity index (χ1) is 9.63. The summed E-state index contributed by atoms with van der Waals surface area (Å²) in [5, 5.41) is 9.58. The third kappa shape index (κ3) is 3.69. The second-order valence-corrected chi connectivity index (χ2v) is 6.01. The van der Waals surface area contributed by atoms with E-state index in [2.05, 4.69) is 20.2 Å². The van der Waals surface area contributed by atoms with E-state index in [-0.39, 0.29) is 11.6 Å². The zero-order valence-electron chi connectivity index (χ0n) is 11.2. The number of aromatic amines is 1. The van der Waals surface area contributed by atoms with E-state index in [1.54, 1.807) is 12.1 Å². The molecule has 2 rings (SSSR count). The largest absolute Gasteiger partial charge is 0.468 e. The Labute approximate surface area is 117 Å². The molecule has 0 aromatic carbocycles. The minimum Gasteiger partial charge on any atom is -0.468 e. The van der Waals surface area contributed by atoms with E-state index >= 15 is 0 Å². The molecule has 0 bridgehead atoms. The van der Waals surface area contributed by atoms with Gasteiger partial charge in [-0.05, 0) is 25.1 Å². The highest BCUT2D eigenvalue weighted by atomic mass is 32.2. The van der Waals surface area contributed by atoms with Crippen LogP contribution in [0.25, 0.3) is 0 Å². The minimum atomic E-state index is -3.63. The Kier molecular flexibility index (Phi) is 4.94. The summed E-state index contributed by atoms with van der Waals surface area (Å²) in [6.45, 7) is 3.44. The summed E-state index contributed by atoms with van der Waals surface area (Å²) in [6, 6.07) is 3.42. The smallest absolute Gasteiger partial charge is 0.258 e. The summed E-state index contributed by atoms with van der Waals surface area (Å²) < 4.78 is 31.9. The fraction of sp³-hybridized carbons (Fsp3) is 0.417. The average Bonchev–Trinajstić information content (AvgIpc) is 3.08. The Bertz CT molecular complexity index is 619. The van der Waals surface area contributed by atoms with Crippen LogP contribution in [0.2, 0.25) is 0 Å². The Morgan fingerprint density at radius 2 is 2.25 bits per heavy atom. The molecule has 0 unspecified atom stereocenters. The number of nitrogens with zero attached hydrogens (tertiary/aromatic N) is 1. The lowest BCUT2D eigenvalue weighted by molar-refractivity contribution is 0.498. The van der Waals surface area contributed by atoms with Gasteiger partial charge >= 0.3 is 0 Å². The molecule has 2 aromatic heterocycles. The van der Waals surface area contributed by atoms with Crippen molar-refractivity contribution in [3.8, 4) is 0 Å². The van der Waals surface area contributed by atoms with Crippen LogP contribution in [0, 0.1) is 0 Å². The standard InChI is InChI=1S/C12H18N4O3S/c1-2-5-13-7-10-8-14-16-12(10)20(17,18)15-9-11-4-3-6-19-11/h3-4,6,8,13,15H,2,5,7,9H2,1H3,(H,14,16). The first-order valence-corrected chi connectivity index (χ1v) is 7.87. The van der Waals surface area contributed by atoms with Crippen LogP contribution in [0.15, 0.2) is 34.0 Å². The number of rotatable bonds is 8. The third-order valence-electron chi connectivity index (χ3n) is 2.71. The molecule has 0 aliphatic carbocycles. The van der Waals surface area contributed by atoms with Crippen molar-refractivity contribution in [3.05, 3.63) is 35.9 Å². The van der Waals surface area contributed by atoms with Crippen LogP contribution in [0.5, 0.6) is 0 Å². The van der Waals surface area contributed by atoms with Crippen molar-refractivity contribution in [2.75, 3.05) is 6.54 Å². The number of hydrogen-bond acceptors (Lipinski definition) is 5. The maximum Gasteiger partial charge on any atom is 0.258 e. The topological polar surface area (TPSA) is 100 Å². The quantitative estimate of drug-likeness (QED) is 0.631. The molecular formula is C12H18N4O3S. The van der Waals surface area contributed by atoms with E-state index in [0.717, 1.165) is 13.0 Å². The Hall–Kier alpha value is -1.64. The molecule has 0 saturated heterocycles. The fourth-order valence-corrected chi connectivity index (χ4v) is 2.83. The number of nitrogens with one attached hydrogen (secondary N) is 3. The van der Waals surface area contributed by atoms with Gasteiger partial charge in [0, 0.05) is 12.1 Å². The van der Waals surface area contributed by atoms with Crippen LogP contribution >= 0.6 is 0 Å². The number of sulfonamides is 1. The highest BCUT2D eigenvalue weighted by Gasteiger charge is 2.20. The van der Waals surface area contributed by atoms with E-state index in [9.17, 15) is 8.42 Å². The lowest BCUT2D eigenvalue weighted by atomic mass is 10.3. The second-order valence-electron chi connectivity index (χ2n) is 4.31. The van der Waals surface area contributed by atoms with Crippen molar-refractivity contribution in [3.63, 3.8) is 0 Å². The van der Waals surface area contributed by atoms with Gasteiger partial charge in [-0.3, -0.25) is 5.10 Å². The summed E-state index contributed by atoms with van der Waals surface area (Å²) >= 11 is 0. The zero-order chi connectivity index (χ0) is 14.4. The van der Waals surface area contributed by atoms with Crippen molar-refractivity contribution in [2.45, 2.75) is 31.5 Å². The number of furan rings is 1. The molecule has 7 nitrogen and oxygen atoms in total. The molecule has 3 N–H and O–H groups in total. The molecule has 0 spiro atoms. The summed E-state index contributed by atoms with van der Waals surface area (Å²) in [4.78, 5) is 0. The van der Waals surface area contributed by atoms with Gasteiger partial charge in [0.15, 0.2) is 5.03 Å². The summed E-state index contributed by atoms with van der Waals surface area (Å²) in [5.74, 6) is 0.554. The summed E-state index contributed by atoms with van der Waals surface area (Å²) in [6.07, 6.45) is 4.00. The molecule has 0 saturated carbocycles. The second kappa shape index (κ2) is 6.69. The molecule has 8 heteroatoms. The van der Waals surface area contributed by atoms with E-state index < -0.39 is 10.0 Å². The molecule has 0 amide bonds. The van der Waals surface area contributed by atoms with Crippen LogP contribution < -0.4 is 10.0 Å². The van der Waals surface area contributed by atoms with Crippen molar-refractivity contribution < 1.29 is 12.8 Å². The maximum atomic E-state index is 12.2. The molecular weight excluding hydrogens is 280 g/mol. The average molecular weight is 298 g/mol. The molecule has 0 atom stereocenters. The Morgan fingerprint density at radius 3 is 2.95 bits per heavy atom. The van der Waals surface area contributed by atoms with Gasteiger partial charge in [-0.25, -0.2) is 13.1 Å².